The molecule has 0 aromatic carbocycles. The summed E-state index contributed by atoms with van der Waals surface area (Å²) >= 11 is 0. The Morgan fingerprint density at radius 2 is 2.08 bits per heavy atom. The maximum atomic E-state index is 5.70. The highest BCUT2D eigenvalue weighted by molar-refractivity contribution is 5.81. The van der Waals surface area contributed by atoms with Crippen LogP contribution in [0, 0.1) is 6.92 Å². The minimum atomic E-state index is 0.467. The Bertz CT molecular complexity index is 445. The first-order chi connectivity index (χ1) is 6.20. The molecule has 0 atom stereocenters. The summed E-state index contributed by atoms with van der Waals surface area (Å²) < 4.78 is 0. The van der Waals surface area contributed by atoms with Gasteiger partial charge in [0.25, 0.3) is 0 Å². The molecule has 2 aromatic rings. The van der Waals surface area contributed by atoms with Crippen molar-refractivity contribution in [3.8, 4) is 0 Å². The summed E-state index contributed by atoms with van der Waals surface area (Å²) in [5, 5.41) is 0. The van der Waals surface area contributed by atoms with Gasteiger partial charge in [0.2, 0.25) is 0 Å². The van der Waals surface area contributed by atoms with Crippen LogP contribution in [0.5, 0.6) is 0 Å². The largest absolute Gasteiger partial charge is 0.382 e. The summed E-state index contributed by atoms with van der Waals surface area (Å²) in [5.41, 5.74) is 7.10. The van der Waals surface area contributed by atoms with Crippen molar-refractivity contribution in [2.75, 3.05) is 5.73 Å². The molecule has 0 bridgehead atoms. The van der Waals surface area contributed by atoms with Crippen molar-refractivity contribution in [1.82, 2.24) is 19.9 Å². The van der Waals surface area contributed by atoms with Crippen LogP contribution in [-0.2, 0) is 6.42 Å². The van der Waals surface area contributed by atoms with Crippen LogP contribution in [0.2, 0.25) is 0 Å². The summed E-state index contributed by atoms with van der Waals surface area (Å²) in [6.07, 6.45) is 0.842. The molecule has 0 aliphatic heterocycles. The Kier molecular flexibility index (Phi) is 1.65. The van der Waals surface area contributed by atoms with Crippen LogP contribution in [0.15, 0.2) is 0 Å². The van der Waals surface area contributed by atoms with Gasteiger partial charge in [-0.05, 0) is 6.92 Å². The van der Waals surface area contributed by atoms with Crippen LogP contribution in [0.1, 0.15) is 18.6 Å². The Labute approximate surface area is 75.4 Å². The van der Waals surface area contributed by atoms with Crippen molar-refractivity contribution in [2.24, 2.45) is 0 Å². The van der Waals surface area contributed by atoms with E-state index in [0.717, 1.165) is 17.8 Å². The molecule has 0 fully saturated rings. The van der Waals surface area contributed by atoms with Crippen molar-refractivity contribution in [2.45, 2.75) is 20.3 Å². The van der Waals surface area contributed by atoms with Gasteiger partial charge in [-0.2, -0.15) is 0 Å². The normalized spacial score (nSPS) is 10.9. The first-order valence-electron chi connectivity index (χ1n) is 4.19. The van der Waals surface area contributed by atoms with Gasteiger partial charge in [-0.25, -0.2) is 15.0 Å². The molecule has 2 rings (SSSR count). The molecule has 3 N–H and O–H groups in total. The van der Waals surface area contributed by atoms with Crippen LogP contribution >= 0.6 is 0 Å². The van der Waals surface area contributed by atoms with E-state index in [1.54, 1.807) is 6.92 Å². The van der Waals surface area contributed by atoms with Gasteiger partial charge in [0.05, 0.1) is 0 Å². The molecule has 2 aromatic heterocycles. The van der Waals surface area contributed by atoms with Crippen molar-refractivity contribution in [3.63, 3.8) is 0 Å². The molecule has 0 amide bonds. The number of hydrogen-bond acceptors (Lipinski definition) is 4. The average molecular weight is 177 g/mol. The maximum Gasteiger partial charge on any atom is 0.183 e. The number of nitrogen functional groups attached to an aromatic ring is 1. The van der Waals surface area contributed by atoms with Gasteiger partial charge in [-0.1, -0.05) is 6.92 Å². The number of aryl methyl sites for hydroxylation is 2. The lowest BCUT2D eigenvalue weighted by Gasteiger charge is -1.94. The third-order valence-electron chi connectivity index (χ3n) is 1.87. The van der Waals surface area contributed by atoms with Crippen LogP contribution in [0.3, 0.4) is 0 Å². The number of hydrogen-bond donors (Lipinski definition) is 2. The van der Waals surface area contributed by atoms with E-state index >= 15 is 0 Å². The monoisotopic (exact) mass is 177 g/mol. The molecule has 5 heteroatoms. The lowest BCUT2D eigenvalue weighted by atomic mass is 10.5. The molecular weight excluding hydrogens is 166 g/mol. The summed E-state index contributed by atoms with van der Waals surface area (Å²) in [5.74, 6) is 2.01. The Hall–Kier alpha value is -1.65. The van der Waals surface area contributed by atoms with Gasteiger partial charge >= 0.3 is 0 Å². The Morgan fingerprint density at radius 1 is 1.31 bits per heavy atom. The molecule has 0 saturated heterocycles. The lowest BCUT2D eigenvalue weighted by molar-refractivity contribution is 0.996. The van der Waals surface area contributed by atoms with Gasteiger partial charge < -0.3 is 10.7 Å². The van der Waals surface area contributed by atoms with Gasteiger partial charge in [0.15, 0.2) is 11.5 Å². The van der Waals surface area contributed by atoms with E-state index in [1.807, 2.05) is 6.92 Å². The minimum Gasteiger partial charge on any atom is -0.382 e. The third kappa shape index (κ3) is 1.22. The molecule has 0 unspecified atom stereocenters. The summed E-state index contributed by atoms with van der Waals surface area (Å²) in [6.45, 7) is 3.82. The second-order valence-electron chi connectivity index (χ2n) is 2.89. The second-order valence-corrected chi connectivity index (χ2v) is 2.89. The summed E-state index contributed by atoms with van der Waals surface area (Å²) in [7, 11) is 0. The number of fused-ring (bicyclic) bond motifs is 1. The molecule has 2 heterocycles. The van der Waals surface area contributed by atoms with Crippen molar-refractivity contribution in [3.05, 3.63) is 11.6 Å². The zero-order chi connectivity index (χ0) is 9.42. The van der Waals surface area contributed by atoms with E-state index in [1.165, 1.54) is 0 Å². The Morgan fingerprint density at radius 3 is 2.77 bits per heavy atom. The topological polar surface area (TPSA) is 80.5 Å². The fourth-order valence-electron chi connectivity index (χ4n) is 1.25. The van der Waals surface area contributed by atoms with E-state index in [4.69, 9.17) is 5.73 Å². The van der Waals surface area contributed by atoms with E-state index in [0.29, 0.717) is 17.3 Å². The molecule has 68 valence electrons. The SMILES string of the molecule is CCc1nc2nc(C)nc(N)c2[nH]1. The van der Waals surface area contributed by atoms with Crippen molar-refractivity contribution in [1.29, 1.82) is 0 Å². The van der Waals surface area contributed by atoms with Gasteiger partial charge in [0.1, 0.15) is 17.2 Å². The zero-order valence-corrected chi connectivity index (χ0v) is 7.63. The smallest absolute Gasteiger partial charge is 0.183 e. The molecule has 0 aliphatic carbocycles. The number of nitrogens with two attached hydrogens (primary N) is 1. The second kappa shape index (κ2) is 2.69. The molecule has 0 saturated carbocycles. The van der Waals surface area contributed by atoms with Gasteiger partial charge in [0, 0.05) is 6.42 Å². The van der Waals surface area contributed by atoms with E-state index in [2.05, 4.69) is 19.9 Å². The summed E-state index contributed by atoms with van der Waals surface area (Å²) in [6, 6.07) is 0. The number of aromatic amines is 1. The third-order valence-corrected chi connectivity index (χ3v) is 1.87. The zero-order valence-electron chi connectivity index (χ0n) is 7.63. The molecule has 13 heavy (non-hydrogen) atoms. The predicted octanol–water partition coefficient (Wildman–Crippen LogP) is 0.806. The number of imidazole rings is 1. The van der Waals surface area contributed by atoms with Crippen LogP contribution in [-0.4, -0.2) is 19.9 Å². The number of aromatic nitrogens is 4. The fourth-order valence-corrected chi connectivity index (χ4v) is 1.25. The molecule has 0 spiro atoms. The molecule has 5 nitrogen and oxygen atoms in total. The number of anilines is 1. The number of rotatable bonds is 1. The fraction of sp³-hybridized carbons (Fsp3) is 0.375. The number of nitrogens with one attached hydrogen (secondary N) is 1. The quantitative estimate of drug-likeness (QED) is 0.675. The summed E-state index contributed by atoms with van der Waals surface area (Å²) in [4.78, 5) is 15.6. The van der Waals surface area contributed by atoms with E-state index < -0.39 is 0 Å². The van der Waals surface area contributed by atoms with Crippen LogP contribution < -0.4 is 5.73 Å². The molecule has 0 radical (unpaired) electrons. The minimum absolute atomic E-state index is 0.467. The lowest BCUT2D eigenvalue weighted by Crippen LogP contribution is -1.96. The number of nitrogens with zero attached hydrogens (tertiary/aromatic N) is 3. The van der Waals surface area contributed by atoms with Crippen molar-refractivity contribution >= 4 is 17.0 Å². The first kappa shape index (κ1) is 7.97. The molecular formula is C8H11N5. The predicted molar refractivity (Wildman–Crippen MR) is 50.2 cm³/mol. The highest BCUT2D eigenvalue weighted by Gasteiger charge is 2.07. The van der Waals surface area contributed by atoms with Crippen LogP contribution in [0.25, 0.3) is 11.2 Å². The van der Waals surface area contributed by atoms with Gasteiger partial charge in [-0.15, -0.1) is 0 Å². The first-order valence-corrected chi connectivity index (χ1v) is 4.19. The van der Waals surface area contributed by atoms with Crippen LogP contribution in [0.4, 0.5) is 5.82 Å². The number of H-pyrrole nitrogens is 1. The average Bonchev–Trinajstić information content (AvgIpc) is 2.47. The van der Waals surface area contributed by atoms with E-state index in [9.17, 15) is 0 Å². The van der Waals surface area contributed by atoms with Gasteiger partial charge in [-0.3, -0.25) is 0 Å². The van der Waals surface area contributed by atoms with E-state index in [-0.39, 0.29) is 0 Å². The highest BCUT2D eigenvalue weighted by atomic mass is 15.1. The standard InChI is InChI=1S/C8H11N5/c1-3-5-12-6-7(9)10-4(2)11-8(6)13-5/h3H2,1-2H3,(H3,9,10,11,12,13). The highest BCUT2D eigenvalue weighted by Crippen LogP contribution is 2.14. The van der Waals surface area contributed by atoms with Crippen molar-refractivity contribution < 1.29 is 0 Å². The molecule has 0 aliphatic rings. The maximum absolute atomic E-state index is 5.70. The Balaban J connectivity index is 2.75.